The third kappa shape index (κ3) is 11.3. The molecule has 0 aliphatic rings. The summed E-state index contributed by atoms with van der Waals surface area (Å²) in [7, 11) is 0. The molecular weight excluding hydrogens is 427 g/mol. The number of carbonyl (C=O) groups excluding carboxylic acids is 4. The Bertz CT molecular complexity index is 656. The van der Waals surface area contributed by atoms with Crippen molar-refractivity contribution >= 4 is 58.7 Å². The Morgan fingerprint density at radius 2 is 1.26 bits per heavy atom. The molecule has 0 fully saturated rings. The van der Waals surface area contributed by atoms with Crippen LogP contribution >= 0.6 is 34.8 Å². The van der Waals surface area contributed by atoms with E-state index in [0.29, 0.717) is 6.08 Å². The molecule has 150 valence electrons. The molecule has 0 aliphatic heterocycles. The van der Waals surface area contributed by atoms with E-state index >= 15 is 0 Å². The fourth-order valence-corrected chi connectivity index (χ4v) is 1.46. The molecule has 0 N–H and O–H groups in total. The smallest absolute Gasteiger partial charge is 0.350 e. The molecule has 0 heterocycles. The molecule has 0 aliphatic carbocycles. The number of esters is 4. The van der Waals surface area contributed by atoms with Gasteiger partial charge in [0.25, 0.3) is 0 Å². The van der Waals surface area contributed by atoms with Crippen LogP contribution in [0.25, 0.3) is 0 Å². The minimum Gasteiger partial charge on any atom is -0.457 e. The second-order valence-corrected chi connectivity index (χ2v) is 6.35. The molecule has 0 aromatic rings. The van der Waals surface area contributed by atoms with Gasteiger partial charge < -0.3 is 18.9 Å². The summed E-state index contributed by atoms with van der Waals surface area (Å²) in [6, 6.07) is 0. The van der Waals surface area contributed by atoms with Gasteiger partial charge in [-0.25, -0.2) is 19.2 Å². The first-order valence-electron chi connectivity index (χ1n) is 7.22. The van der Waals surface area contributed by atoms with Gasteiger partial charge in [0.1, 0.15) is 18.2 Å². The summed E-state index contributed by atoms with van der Waals surface area (Å²) in [5.41, 5.74) is 0. The van der Waals surface area contributed by atoms with E-state index < -0.39 is 41.1 Å². The Morgan fingerprint density at radius 1 is 0.852 bits per heavy atom. The Labute approximate surface area is 170 Å². The number of hydrogen-bond donors (Lipinski definition) is 0. The van der Waals surface area contributed by atoms with Crippen molar-refractivity contribution in [3.05, 3.63) is 34.3 Å². The molecule has 0 bridgehead atoms. The SMILES string of the molecule is C=C(Cl)COC(=O)C(C)OC(=O)/C=C(/Cl)C(=O)OC(C)C(=O)OCC(=C)Cl. The second-order valence-electron chi connectivity index (χ2n) is 4.87. The van der Waals surface area contributed by atoms with E-state index in [2.05, 4.69) is 22.6 Å². The predicted molar refractivity (Wildman–Crippen MR) is 96.9 cm³/mol. The number of carbonyl (C=O) groups is 4. The van der Waals surface area contributed by atoms with E-state index in [-0.39, 0.29) is 23.3 Å². The molecule has 0 aromatic carbocycles. The minimum atomic E-state index is -1.32. The molecule has 0 amide bonds. The summed E-state index contributed by atoms with van der Waals surface area (Å²) in [6.07, 6.45) is -2.03. The van der Waals surface area contributed by atoms with Crippen LogP contribution in [0, 0.1) is 0 Å². The highest BCUT2D eigenvalue weighted by molar-refractivity contribution is 6.42. The van der Waals surface area contributed by atoms with Crippen LogP contribution in [0.15, 0.2) is 34.3 Å². The van der Waals surface area contributed by atoms with E-state index in [1.165, 1.54) is 13.8 Å². The lowest BCUT2D eigenvalue weighted by Gasteiger charge is -2.13. The highest BCUT2D eigenvalue weighted by Crippen LogP contribution is 2.10. The third-order valence-electron chi connectivity index (χ3n) is 2.42. The highest BCUT2D eigenvalue weighted by atomic mass is 35.5. The van der Waals surface area contributed by atoms with Crippen LogP contribution < -0.4 is 0 Å². The molecule has 0 saturated carbocycles. The van der Waals surface area contributed by atoms with Crippen LogP contribution in [0.2, 0.25) is 0 Å². The van der Waals surface area contributed by atoms with Crippen LogP contribution in [-0.4, -0.2) is 49.3 Å². The largest absolute Gasteiger partial charge is 0.457 e. The average Bonchev–Trinajstić information content (AvgIpc) is 2.56. The quantitative estimate of drug-likeness (QED) is 0.288. The van der Waals surface area contributed by atoms with E-state index in [1.807, 2.05) is 0 Å². The van der Waals surface area contributed by atoms with Gasteiger partial charge in [0.2, 0.25) is 0 Å². The van der Waals surface area contributed by atoms with Gasteiger partial charge in [-0.1, -0.05) is 48.0 Å². The van der Waals surface area contributed by atoms with E-state index in [4.69, 9.17) is 44.3 Å². The second kappa shape index (κ2) is 12.4. The third-order valence-corrected chi connectivity index (χ3v) is 2.90. The maximum Gasteiger partial charge on any atom is 0.350 e. The first kappa shape index (κ1) is 25.0. The van der Waals surface area contributed by atoms with Gasteiger partial charge in [-0.2, -0.15) is 0 Å². The molecule has 0 radical (unpaired) electrons. The Morgan fingerprint density at radius 3 is 1.67 bits per heavy atom. The zero-order valence-corrected chi connectivity index (χ0v) is 16.7. The predicted octanol–water partition coefficient (Wildman–Crippen LogP) is 2.56. The first-order valence-corrected chi connectivity index (χ1v) is 8.36. The van der Waals surface area contributed by atoms with Crippen molar-refractivity contribution in [3.8, 4) is 0 Å². The van der Waals surface area contributed by atoms with Gasteiger partial charge in [-0.3, -0.25) is 0 Å². The maximum atomic E-state index is 11.7. The first-order chi connectivity index (χ1) is 12.4. The van der Waals surface area contributed by atoms with Crippen LogP contribution in [0.1, 0.15) is 13.8 Å². The van der Waals surface area contributed by atoms with E-state index in [0.717, 1.165) is 0 Å². The van der Waals surface area contributed by atoms with Crippen LogP contribution in [0.4, 0.5) is 0 Å². The van der Waals surface area contributed by atoms with E-state index in [1.54, 1.807) is 0 Å². The van der Waals surface area contributed by atoms with Crippen molar-refractivity contribution in [3.63, 3.8) is 0 Å². The van der Waals surface area contributed by atoms with Crippen molar-refractivity contribution < 1.29 is 38.1 Å². The average molecular weight is 444 g/mol. The van der Waals surface area contributed by atoms with Gasteiger partial charge in [-0.05, 0) is 13.8 Å². The molecule has 2 unspecified atom stereocenters. The molecule has 8 nitrogen and oxygen atoms in total. The van der Waals surface area contributed by atoms with Crippen molar-refractivity contribution in [1.29, 1.82) is 0 Å². The molecule has 11 heteroatoms. The topological polar surface area (TPSA) is 105 Å². The molecule has 0 aromatic heterocycles. The molecule has 0 rings (SSSR count). The molecule has 0 saturated heterocycles. The highest BCUT2D eigenvalue weighted by Gasteiger charge is 2.23. The van der Waals surface area contributed by atoms with Crippen molar-refractivity contribution in [2.45, 2.75) is 26.1 Å². The standard InChI is InChI=1S/C16H17Cl3O8/c1-8(17)6-24-14(21)10(3)26-13(20)5-12(19)16(23)27-11(4)15(22)25-7-9(2)18/h5,10-11H,1-2,6-7H2,3-4H3/b12-5+. The zero-order chi connectivity index (χ0) is 21.1. The van der Waals surface area contributed by atoms with Crippen LogP contribution in [-0.2, 0) is 38.1 Å². The Hall–Kier alpha value is -2.03. The van der Waals surface area contributed by atoms with Crippen LogP contribution in [0.5, 0.6) is 0 Å². The summed E-state index contributed by atoms with van der Waals surface area (Å²) < 4.78 is 18.8. The monoisotopic (exact) mass is 442 g/mol. The van der Waals surface area contributed by atoms with Crippen molar-refractivity contribution in [1.82, 2.24) is 0 Å². The lowest BCUT2D eigenvalue weighted by molar-refractivity contribution is -0.164. The lowest BCUT2D eigenvalue weighted by Crippen LogP contribution is -2.27. The molecule has 27 heavy (non-hydrogen) atoms. The number of rotatable bonds is 10. The normalized spacial score (nSPS) is 13.0. The summed E-state index contributed by atoms with van der Waals surface area (Å²) in [4.78, 5) is 46.4. The number of halogens is 3. The zero-order valence-electron chi connectivity index (χ0n) is 14.5. The minimum absolute atomic E-state index is 0.0746. The lowest BCUT2D eigenvalue weighted by atomic mass is 10.4. The van der Waals surface area contributed by atoms with Gasteiger partial charge in [0, 0.05) is 16.1 Å². The van der Waals surface area contributed by atoms with Gasteiger partial charge in [-0.15, -0.1) is 0 Å². The van der Waals surface area contributed by atoms with Gasteiger partial charge in [0.15, 0.2) is 12.2 Å². The summed E-state index contributed by atoms with van der Waals surface area (Å²) in [5.74, 6) is -4.07. The Kier molecular flexibility index (Phi) is 11.4. The van der Waals surface area contributed by atoms with Gasteiger partial charge >= 0.3 is 23.9 Å². The maximum absolute atomic E-state index is 11.7. The Balaban J connectivity index is 4.59. The summed E-state index contributed by atoms with van der Waals surface area (Å²) in [5, 5.41) is -0.530. The van der Waals surface area contributed by atoms with Crippen molar-refractivity contribution in [2.75, 3.05) is 13.2 Å². The number of ether oxygens (including phenoxy) is 4. The molecule has 2 atom stereocenters. The van der Waals surface area contributed by atoms with E-state index in [9.17, 15) is 19.2 Å². The fourth-order valence-electron chi connectivity index (χ4n) is 1.22. The molecular formula is C16H17Cl3O8. The van der Waals surface area contributed by atoms with Crippen LogP contribution in [0.3, 0.4) is 0 Å². The van der Waals surface area contributed by atoms with Crippen molar-refractivity contribution in [2.24, 2.45) is 0 Å². The number of hydrogen-bond acceptors (Lipinski definition) is 8. The summed E-state index contributed by atoms with van der Waals surface area (Å²) in [6.45, 7) is 8.59. The molecule has 0 spiro atoms. The fraction of sp³-hybridized carbons (Fsp3) is 0.375. The summed E-state index contributed by atoms with van der Waals surface area (Å²) >= 11 is 16.5. The van der Waals surface area contributed by atoms with Gasteiger partial charge in [0.05, 0.1) is 0 Å².